The van der Waals surface area contributed by atoms with Gasteiger partial charge in [0.05, 0.1) is 0 Å². The fourth-order valence-electron chi connectivity index (χ4n) is 7.39. The third-order valence-electron chi connectivity index (χ3n) is 9.75. The standard InChI is InChI=1S/C45H33N3/c1-3-13-30(14-4-1)43-46-44(31-15-5-2-6-16-31)48-45(47-43)36-20-12-19-34(28-36)32-17-11-18-33(27-32)35-25-26-41-39-23-8-7-21-37(39)38-22-9-10-24-40(38)42(41)29-35/h1-9,11-23,25-28,35H,10,24,29H2. The maximum atomic E-state index is 4.97. The number of allylic oxidation sites excluding steroid dienone is 2. The van der Waals surface area contributed by atoms with Crippen LogP contribution in [0.15, 0.2) is 146 Å². The summed E-state index contributed by atoms with van der Waals surface area (Å²) in [5.41, 5.74) is 12.4. The predicted molar refractivity (Wildman–Crippen MR) is 198 cm³/mol. The minimum atomic E-state index is 0.321. The Hall–Kier alpha value is -5.93. The second kappa shape index (κ2) is 12.0. The first-order valence-electron chi connectivity index (χ1n) is 16.8. The molecule has 9 rings (SSSR count). The van der Waals surface area contributed by atoms with Gasteiger partial charge >= 0.3 is 0 Å². The first-order chi connectivity index (χ1) is 23.8. The summed E-state index contributed by atoms with van der Waals surface area (Å²) in [6.07, 6.45) is 12.7. The van der Waals surface area contributed by atoms with Crippen LogP contribution in [0.1, 0.15) is 40.2 Å². The summed E-state index contributed by atoms with van der Waals surface area (Å²) < 4.78 is 0. The molecule has 0 saturated heterocycles. The first kappa shape index (κ1) is 28.3. The molecule has 1 aromatic heterocycles. The maximum absolute atomic E-state index is 4.97. The molecule has 1 atom stereocenters. The van der Waals surface area contributed by atoms with E-state index in [9.17, 15) is 0 Å². The van der Waals surface area contributed by atoms with Crippen molar-refractivity contribution in [3.05, 3.63) is 173 Å². The van der Waals surface area contributed by atoms with E-state index in [2.05, 4.69) is 97.1 Å². The van der Waals surface area contributed by atoms with E-state index in [1.54, 1.807) is 0 Å². The Balaban J connectivity index is 1.08. The van der Waals surface area contributed by atoms with E-state index in [0.29, 0.717) is 23.4 Å². The lowest BCUT2D eigenvalue weighted by molar-refractivity contribution is 0.808. The Bertz CT molecular complexity index is 2310. The van der Waals surface area contributed by atoms with Crippen LogP contribution in [0.2, 0.25) is 0 Å². The lowest BCUT2D eigenvalue weighted by Crippen LogP contribution is -2.12. The van der Waals surface area contributed by atoms with Gasteiger partial charge in [-0.05, 0) is 75.0 Å². The van der Waals surface area contributed by atoms with Crippen LogP contribution in [0, 0.1) is 0 Å². The average molecular weight is 616 g/mol. The lowest BCUT2D eigenvalue weighted by Gasteiger charge is -2.27. The molecule has 0 saturated carbocycles. The van der Waals surface area contributed by atoms with Crippen LogP contribution in [0.3, 0.4) is 0 Å². The molecule has 2 aliphatic carbocycles. The zero-order valence-electron chi connectivity index (χ0n) is 26.6. The van der Waals surface area contributed by atoms with E-state index in [-0.39, 0.29) is 0 Å². The van der Waals surface area contributed by atoms with Gasteiger partial charge in [-0.3, -0.25) is 0 Å². The number of fused-ring (bicyclic) bond motifs is 6. The van der Waals surface area contributed by atoms with Gasteiger partial charge in [0.15, 0.2) is 17.5 Å². The van der Waals surface area contributed by atoms with Gasteiger partial charge in [0.1, 0.15) is 0 Å². The van der Waals surface area contributed by atoms with Crippen LogP contribution in [-0.4, -0.2) is 15.0 Å². The van der Waals surface area contributed by atoms with Gasteiger partial charge in [0, 0.05) is 22.6 Å². The molecule has 6 aromatic carbocycles. The molecule has 7 aromatic rings. The van der Waals surface area contributed by atoms with Gasteiger partial charge in [0.2, 0.25) is 0 Å². The molecular formula is C45H33N3. The van der Waals surface area contributed by atoms with E-state index in [1.165, 1.54) is 44.2 Å². The van der Waals surface area contributed by atoms with Crippen molar-refractivity contribution < 1.29 is 0 Å². The average Bonchev–Trinajstić information content (AvgIpc) is 3.18. The van der Waals surface area contributed by atoms with Gasteiger partial charge in [-0.2, -0.15) is 0 Å². The largest absolute Gasteiger partial charge is 0.208 e. The van der Waals surface area contributed by atoms with Crippen LogP contribution in [0.4, 0.5) is 0 Å². The molecule has 0 bridgehead atoms. The summed E-state index contributed by atoms with van der Waals surface area (Å²) in [4.78, 5) is 14.8. The van der Waals surface area contributed by atoms with Crippen LogP contribution in [-0.2, 0) is 12.8 Å². The van der Waals surface area contributed by atoms with E-state index in [0.717, 1.165) is 41.5 Å². The number of aromatic nitrogens is 3. The molecule has 0 aliphatic heterocycles. The van der Waals surface area contributed by atoms with Crippen molar-refractivity contribution in [2.45, 2.75) is 25.2 Å². The van der Waals surface area contributed by atoms with Crippen molar-refractivity contribution in [1.29, 1.82) is 0 Å². The number of hydrogen-bond acceptors (Lipinski definition) is 3. The fraction of sp³-hybridized carbons (Fsp3) is 0.0889. The summed E-state index contributed by atoms with van der Waals surface area (Å²) in [6, 6.07) is 46.8. The lowest BCUT2D eigenvalue weighted by atomic mass is 9.77. The van der Waals surface area contributed by atoms with Gasteiger partial charge in [-0.25, -0.2) is 15.0 Å². The first-order valence-corrected chi connectivity index (χ1v) is 16.8. The molecule has 0 spiro atoms. The normalized spacial score (nSPS) is 14.9. The second-order valence-electron chi connectivity index (χ2n) is 12.7. The molecule has 3 nitrogen and oxygen atoms in total. The van der Waals surface area contributed by atoms with Gasteiger partial charge < -0.3 is 0 Å². The summed E-state index contributed by atoms with van der Waals surface area (Å²) in [5, 5.41) is 2.74. The number of rotatable bonds is 5. The Morgan fingerprint density at radius 2 is 1.00 bits per heavy atom. The Morgan fingerprint density at radius 1 is 0.458 bits per heavy atom. The van der Waals surface area contributed by atoms with E-state index in [4.69, 9.17) is 15.0 Å². The van der Waals surface area contributed by atoms with Gasteiger partial charge in [-0.15, -0.1) is 0 Å². The third kappa shape index (κ3) is 5.14. The molecule has 1 unspecified atom stereocenters. The Labute approximate surface area is 281 Å². The molecule has 2 aliphatic rings. The van der Waals surface area contributed by atoms with Gasteiger partial charge in [0.25, 0.3) is 0 Å². The van der Waals surface area contributed by atoms with Crippen molar-refractivity contribution in [2.24, 2.45) is 0 Å². The second-order valence-corrected chi connectivity index (χ2v) is 12.7. The maximum Gasteiger partial charge on any atom is 0.164 e. The van der Waals surface area contributed by atoms with Crippen molar-refractivity contribution >= 4 is 22.9 Å². The minimum Gasteiger partial charge on any atom is -0.208 e. The van der Waals surface area contributed by atoms with Crippen molar-refractivity contribution in [3.63, 3.8) is 0 Å². The smallest absolute Gasteiger partial charge is 0.164 e. The van der Waals surface area contributed by atoms with Crippen LogP contribution >= 0.6 is 0 Å². The molecule has 0 fully saturated rings. The topological polar surface area (TPSA) is 38.7 Å². The minimum absolute atomic E-state index is 0.321. The Kier molecular flexibility index (Phi) is 7.09. The highest BCUT2D eigenvalue weighted by Gasteiger charge is 2.24. The molecule has 0 N–H and O–H groups in total. The van der Waals surface area contributed by atoms with Crippen LogP contribution < -0.4 is 0 Å². The highest BCUT2D eigenvalue weighted by atomic mass is 15.0. The molecule has 0 radical (unpaired) electrons. The number of benzene rings is 6. The highest BCUT2D eigenvalue weighted by Crippen LogP contribution is 2.41. The molecule has 0 amide bonds. The third-order valence-corrected chi connectivity index (χ3v) is 9.75. The summed E-state index contributed by atoms with van der Waals surface area (Å²) in [6.45, 7) is 0. The molecule has 3 heteroatoms. The zero-order valence-corrected chi connectivity index (χ0v) is 26.6. The molecule has 48 heavy (non-hydrogen) atoms. The summed E-state index contributed by atoms with van der Waals surface area (Å²) in [5.74, 6) is 2.32. The highest BCUT2D eigenvalue weighted by molar-refractivity contribution is 6.00. The van der Waals surface area contributed by atoms with Crippen molar-refractivity contribution in [3.8, 4) is 45.3 Å². The van der Waals surface area contributed by atoms with Gasteiger partial charge in [-0.1, -0.05) is 152 Å². The Morgan fingerprint density at radius 3 is 1.69 bits per heavy atom. The SMILES string of the molecule is C1=Cc2c(c3c(c4ccccc24)C=CC(c2cccc(-c4cccc(-c5nc(-c6ccccc6)nc(-c6ccccc6)n5)c4)c2)C3)CC1. The monoisotopic (exact) mass is 615 g/mol. The van der Waals surface area contributed by atoms with Crippen LogP contribution in [0.25, 0.3) is 68.2 Å². The zero-order chi connectivity index (χ0) is 31.9. The number of hydrogen-bond donors (Lipinski definition) is 0. The van der Waals surface area contributed by atoms with E-state index in [1.807, 2.05) is 60.7 Å². The fourth-order valence-corrected chi connectivity index (χ4v) is 7.39. The quantitative estimate of drug-likeness (QED) is 0.193. The summed E-state index contributed by atoms with van der Waals surface area (Å²) in [7, 11) is 0. The van der Waals surface area contributed by atoms with Crippen LogP contribution in [0.5, 0.6) is 0 Å². The van der Waals surface area contributed by atoms with Crippen molar-refractivity contribution in [2.75, 3.05) is 0 Å². The van der Waals surface area contributed by atoms with E-state index >= 15 is 0 Å². The number of nitrogens with zero attached hydrogens (tertiary/aromatic N) is 3. The molecular weight excluding hydrogens is 583 g/mol. The summed E-state index contributed by atoms with van der Waals surface area (Å²) >= 11 is 0. The molecule has 1 heterocycles. The predicted octanol–water partition coefficient (Wildman–Crippen LogP) is 11.0. The van der Waals surface area contributed by atoms with Crippen molar-refractivity contribution in [1.82, 2.24) is 15.0 Å². The van der Waals surface area contributed by atoms with E-state index < -0.39 is 0 Å². The molecule has 228 valence electrons.